The van der Waals surface area contributed by atoms with Gasteiger partial charge in [-0.1, -0.05) is 30.2 Å². The molecule has 1 atom stereocenters. The standard InChI is InChI=1S/C16H23N/c1-13-8-5-6-9-14(13)12-15(17)10-7-11-16(2,3)4/h5-6,8-9,15H,10,12,17H2,1-4H3. The van der Waals surface area contributed by atoms with E-state index in [0.29, 0.717) is 0 Å². The fourth-order valence-electron chi connectivity index (χ4n) is 1.64. The Labute approximate surface area is 105 Å². The first-order chi connectivity index (χ1) is 7.88. The second kappa shape index (κ2) is 5.89. The molecule has 0 spiro atoms. The van der Waals surface area contributed by atoms with Crippen molar-refractivity contribution in [3.8, 4) is 11.8 Å². The average molecular weight is 229 g/mol. The van der Waals surface area contributed by atoms with Crippen LogP contribution < -0.4 is 5.73 Å². The summed E-state index contributed by atoms with van der Waals surface area (Å²) in [4.78, 5) is 0. The van der Waals surface area contributed by atoms with Crippen LogP contribution in [0.15, 0.2) is 24.3 Å². The van der Waals surface area contributed by atoms with Gasteiger partial charge in [-0.25, -0.2) is 0 Å². The van der Waals surface area contributed by atoms with Crippen molar-refractivity contribution >= 4 is 0 Å². The predicted molar refractivity (Wildman–Crippen MR) is 74.7 cm³/mol. The summed E-state index contributed by atoms with van der Waals surface area (Å²) in [6.45, 7) is 8.48. The van der Waals surface area contributed by atoms with Gasteiger partial charge in [0, 0.05) is 17.9 Å². The van der Waals surface area contributed by atoms with Gasteiger partial charge in [0.2, 0.25) is 0 Å². The van der Waals surface area contributed by atoms with Crippen molar-refractivity contribution in [1.29, 1.82) is 0 Å². The van der Waals surface area contributed by atoms with Gasteiger partial charge in [-0.05, 0) is 45.2 Å². The zero-order chi connectivity index (χ0) is 12.9. The van der Waals surface area contributed by atoms with Crippen LogP contribution in [-0.4, -0.2) is 6.04 Å². The third-order valence-corrected chi connectivity index (χ3v) is 2.57. The van der Waals surface area contributed by atoms with Crippen molar-refractivity contribution in [2.24, 2.45) is 11.1 Å². The van der Waals surface area contributed by atoms with E-state index in [1.54, 1.807) is 0 Å². The summed E-state index contributed by atoms with van der Waals surface area (Å²) in [5.41, 5.74) is 8.82. The van der Waals surface area contributed by atoms with E-state index >= 15 is 0 Å². The highest BCUT2D eigenvalue weighted by Crippen LogP contribution is 2.12. The van der Waals surface area contributed by atoms with Crippen LogP contribution in [-0.2, 0) is 6.42 Å². The Balaban J connectivity index is 2.53. The molecule has 0 bridgehead atoms. The van der Waals surface area contributed by atoms with Crippen LogP contribution in [0.1, 0.15) is 38.3 Å². The average Bonchev–Trinajstić information content (AvgIpc) is 2.19. The Morgan fingerprint density at radius 3 is 2.47 bits per heavy atom. The molecule has 1 aromatic rings. The van der Waals surface area contributed by atoms with Gasteiger partial charge < -0.3 is 5.73 Å². The van der Waals surface area contributed by atoms with Crippen LogP contribution in [0.5, 0.6) is 0 Å². The first kappa shape index (κ1) is 13.8. The van der Waals surface area contributed by atoms with E-state index in [9.17, 15) is 0 Å². The minimum absolute atomic E-state index is 0.0718. The van der Waals surface area contributed by atoms with Crippen LogP contribution in [0.3, 0.4) is 0 Å². The Hall–Kier alpha value is -1.26. The molecule has 0 radical (unpaired) electrons. The molecule has 0 aliphatic carbocycles. The summed E-state index contributed by atoms with van der Waals surface area (Å²) in [5.74, 6) is 6.41. The predicted octanol–water partition coefficient (Wildman–Crippen LogP) is 3.30. The van der Waals surface area contributed by atoms with Crippen molar-refractivity contribution in [3.63, 3.8) is 0 Å². The molecule has 17 heavy (non-hydrogen) atoms. The lowest BCUT2D eigenvalue weighted by molar-refractivity contribution is 0.569. The maximum absolute atomic E-state index is 6.10. The van der Waals surface area contributed by atoms with E-state index in [4.69, 9.17) is 5.73 Å². The summed E-state index contributed by atoms with van der Waals surface area (Å²) < 4.78 is 0. The van der Waals surface area contributed by atoms with Gasteiger partial charge in [-0.2, -0.15) is 0 Å². The number of benzene rings is 1. The molecular formula is C16H23N. The highest BCUT2D eigenvalue weighted by molar-refractivity contribution is 5.26. The Morgan fingerprint density at radius 2 is 1.88 bits per heavy atom. The highest BCUT2D eigenvalue weighted by Gasteiger charge is 2.06. The molecule has 0 saturated heterocycles. The fourth-order valence-corrected chi connectivity index (χ4v) is 1.64. The second-order valence-electron chi connectivity index (χ2n) is 5.65. The van der Waals surface area contributed by atoms with Crippen LogP contribution in [0.4, 0.5) is 0 Å². The Bertz CT molecular complexity index is 415. The lowest BCUT2D eigenvalue weighted by Gasteiger charge is -2.11. The molecule has 1 heteroatoms. The van der Waals surface area contributed by atoms with Gasteiger partial charge in [-0.3, -0.25) is 0 Å². The lowest BCUT2D eigenvalue weighted by atomic mass is 9.96. The van der Waals surface area contributed by atoms with Gasteiger partial charge >= 0.3 is 0 Å². The maximum Gasteiger partial charge on any atom is 0.0244 e. The largest absolute Gasteiger partial charge is 0.327 e. The molecule has 92 valence electrons. The Kier molecular flexibility index (Phi) is 4.78. The van der Waals surface area contributed by atoms with Gasteiger partial charge in [0.1, 0.15) is 0 Å². The zero-order valence-corrected chi connectivity index (χ0v) is 11.4. The molecule has 1 nitrogen and oxygen atoms in total. The van der Waals surface area contributed by atoms with Gasteiger partial charge in [0.05, 0.1) is 0 Å². The number of hydrogen-bond acceptors (Lipinski definition) is 1. The number of nitrogens with two attached hydrogens (primary N) is 1. The summed E-state index contributed by atoms with van der Waals surface area (Å²) in [7, 11) is 0. The molecule has 0 aliphatic heterocycles. The Morgan fingerprint density at radius 1 is 1.24 bits per heavy atom. The minimum atomic E-state index is 0.0718. The quantitative estimate of drug-likeness (QED) is 0.791. The third kappa shape index (κ3) is 5.56. The summed E-state index contributed by atoms with van der Waals surface area (Å²) >= 11 is 0. The molecule has 1 unspecified atom stereocenters. The molecule has 2 N–H and O–H groups in total. The SMILES string of the molecule is Cc1ccccc1CC(N)CC#CC(C)(C)C. The van der Waals surface area contributed by atoms with E-state index in [1.807, 2.05) is 0 Å². The smallest absolute Gasteiger partial charge is 0.0244 e. The second-order valence-corrected chi connectivity index (χ2v) is 5.65. The lowest BCUT2D eigenvalue weighted by Crippen LogP contribution is -2.22. The maximum atomic E-state index is 6.10. The third-order valence-electron chi connectivity index (χ3n) is 2.57. The van der Waals surface area contributed by atoms with Crippen molar-refractivity contribution < 1.29 is 0 Å². The fraction of sp³-hybridized carbons (Fsp3) is 0.500. The monoisotopic (exact) mass is 229 g/mol. The van der Waals surface area contributed by atoms with Gasteiger partial charge in [0.15, 0.2) is 0 Å². The van der Waals surface area contributed by atoms with E-state index in [2.05, 4.69) is 63.8 Å². The van der Waals surface area contributed by atoms with Gasteiger partial charge in [-0.15, -0.1) is 5.92 Å². The molecule has 0 amide bonds. The molecule has 0 fully saturated rings. The van der Waals surface area contributed by atoms with E-state index in [1.165, 1.54) is 11.1 Å². The van der Waals surface area contributed by atoms with E-state index in [0.717, 1.165) is 12.8 Å². The van der Waals surface area contributed by atoms with Crippen LogP contribution in [0, 0.1) is 24.2 Å². The first-order valence-corrected chi connectivity index (χ1v) is 6.18. The first-order valence-electron chi connectivity index (χ1n) is 6.18. The van der Waals surface area contributed by atoms with Crippen molar-refractivity contribution in [3.05, 3.63) is 35.4 Å². The van der Waals surface area contributed by atoms with Crippen LogP contribution >= 0.6 is 0 Å². The number of rotatable bonds is 3. The van der Waals surface area contributed by atoms with Gasteiger partial charge in [0.25, 0.3) is 0 Å². The molecule has 1 aromatic carbocycles. The number of hydrogen-bond donors (Lipinski definition) is 1. The van der Waals surface area contributed by atoms with Crippen LogP contribution in [0.2, 0.25) is 0 Å². The summed E-state index contributed by atoms with van der Waals surface area (Å²) in [6.07, 6.45) is 1.68. The van der Waals surface area contributed by atoms with Crippen molar-refractivity contribution in [2.45, 2.75) is 46.6 Å². The minimum Gasteiger partial charge on any atom is -0.327 e. The molecule has 0 aliphatic rings. The molecule has 1 rings (SSSR count). The van der Waals surface area contributed by atoms with Crippen molar-refractivity contribution in [1.82, 2.24) is 0 Å². The topological polar surface area (TPSA) is 26.0 Å². The number of aryl methyl sites for hydroxylation is 1. The molecule has 0 saturated carbocycles. The molecule has 0 aromatic heterocycles. The normalized spacial score (nSPS) is 12.8. The van der Waals surface area contributed by atoms with E-state index in [-0.39, 0.29) is 11.5 Å². The summed E-state index contributed by atoms with van der Waals surface area (Å²) in [5, 5.41) is 0. The van der Waals surface area contributed by atoms with E-state index < -0.39 is 0 Å². The van der Waals surface area contributed by atoms with Crippen LogP contribution in [0.25, 0.3) is 0 Å². The molecular weight excluding hydrogens is 206 g/mol. The summed E-state index contributed by atoms with van der Waals surface area (Å²) in [6, 6.07) is 8.53. The zero-order valence-electron chi connectivity index (χ0n) is 11.4. The highest BCUT2D eigenvalue weighted by atomic mass is 14.6. The molecule has 0 heterocycles. The van der Waals surface area contributed by atoms with Crippen molar-refractivity contribution in [2.75, 3.05) is 0 Å².